The Kier molecular flexibility index (Phi) is 23.4. The fourth-order valence-corrected chi connectivity index (χ4v) is 10.0. The normalized spacial score (nSPS) is 13.8. The van der Waals surface area contributed by atoms with Gasteiger partial charge in [0.1, 0.15) is 11.9 Å². The molecule has 0 fully saturated rings. The van der Waals surface area contributed by atoms with Gasteiger partial charge in [-0.05, 0) is 72.3 Å². The number of hydrogen-bond donors (Lipinski definition) is 5. The highest BCUT2D eigenvalue weighted by atomic mass is 31.2. The lowest BCUT2D eigenvalue weighted by Gasteiger charge is -2.45. The molecular formula is C51H90O8P2. The molecule has 0 bridgehead atoms. The molecule has 0 aliphatic heterocycles. The number of unbranched alkanes of at least 4 members (excludes halogenated alkanes) is 8. The van der Waals surface area contributed by atoms with Crippen molar-refractivity contribution in [2.24, 2.45) is 5.41 Å². The van der Waals surface area contributed by atoms with Crippen LogP contribution in [0.3, 0.4) is 0 Å². The molecule has 0 saturated carbocycles. The number of aliphatic hydroxyl groups is 1. The van der Waals surface area contributed by atoms with E-state index in [2.05, 4.69) is 121 Å². The van der Waals surface area contributed by atoms with Crippen LogP contribution in [-0.4, -0.2) is 44.5 Å². The van der Waals surface area contributed by atoms with Crippen molar-refractivity contribution in [1.82, 2.24) is 0 Å². The maximum Gasteiger partial charge on any atom is 0.327 e. The molecule has 0 saturated heterocycles. The van der Waals surface area contributed by atoms with Crippen LogP contribution in [0.5, 0.6) is 5.75 Å². The van der Waals surface area contributed by atoms with Gasteiger partial charge in [-0.1, -0.05) is 196 Å². The smallest absolute Gasteiger partial charge is 0.327 e. The molecule has 0 aliphatic rings. The monoisotopic (exact) mass is 893 g/mol. The van der Waals surface area contributed by atoms with Crippen molar-refractivity contribution >= 4 is 17.2 Å². The van der Waals surface area contributed by atoms with Crippen molar-refractivity contribution in [3.63, 3.8) is 0 Å². The van der Waals surface area contributed by atoms with Crippen LogP contribution in [0.4, 0.5) is 0 Å². The fraction of sp³-hybridized carbons (Fsp3) is 0.765. The third kappa shape index (κ3) is 16.3. The Hall–Kier alpha value is -1.18. The molecule has 10 heteroatoms. The molecule has 61 heavy (non-hydrogen) atoms. The van der Waals surface area contributed by atoms with E-state index in [0.29, 0.717) is 0 Å². The summed E-state index contributed by atoms with van der Waals surface area (Å²) >= 11 is 0. The van der Waals surface area contributed by atoms with Crippen LogP contribution in [-0.2, 0) is 30.7 Å². The van der Waals surface area contributed by atoms with Gasteiger partial charge in [0.15, 0.2) is 0 Å². The average Bonchev–Trinajstić information content (AvgIpc) is 3.17. The quantitative estimate of drug-likeness (QED) is 0.0374. The zero-order chi connectivity index (χ0) is 46.2. The Bertz CT molecular complexity index is 1490. The molecule has 1 atom stereocenters. The Morgan fingerprint density at radius 3 is 1.07 bits per heavy atom. The second kappa shape index (κ2) is 25.5. The van der Waals surface area contributed by atoms with Gasteiger partial charge in [-0.25, -0.2) is 0 Å². The summed E-state index contributed by atoms with van der Waals surface area (Å²) in [5, 5.41) is 11.9. The van der Waals surface area contributed by atoms with Crippen molar-refractivity contribution in [2.75, 3.05) is 19.8 Å². The summed E-state index contributed by atoms with van der Waals surface area (Å²) < 4.78 is 19.5. The van der Waals surface area contributed by atoms with E-state index in [-0.39, 0.29) is 34.9 Å². The summed E-state index contributed by atoms with van der Waals surface area (Å²) in [5.41, 5.74) is 4.84. The largest absolute Gasteiger partial charge is 0.484 e. The molecule has 0 aliphatic carbocycles. The van der Waals surface area contributed by atoms with E-state index >= 15 is 0 Å². The first-order valence-corrected chi connectivity index (χ1v) is 26.0. The maximum atomic E-state index is 11.9. The molecule has 0 aromatic heterocycles. The number of aliphatic hydroxyl groups excluding tert-OH is 1. The van der Waals surface area contributed by atoms with Crippen LogP contribution >= 0.6 is 17.2 Å². The van der Waals surface area contributed by atoms with Gasteiger partial charge in [0.2, 0.25) is 0 Å². The zero-order valence-electron chi connectivity index (χ0n) is 41.2. The molecule has 0 spiro atoms. The number of benzene rings is 2. The molecule has 5 N–H and O–H groups in total. The Balaban J connectivity index is 3.44. The van der Waals surface area contributed by atoms with Gasteiger partial charge in [0.05, 0.1) is 25.2 Å². The topological polar surface area (TPSA) is 129 Å². The van der Waals surface area contributed by atoms with Crippen molar-refractivity contribution in [2.45, 2.75) is 227 Å². The first kappa shape index (κ1) is 56.0. The third-order valence-corrected chi connectivity index (χ3v) is 14.1. The summed E-state index contributed by atoms with van der Waals surface area (Å²) in [7, 11) is -5.70. The van der Waals surface area contributed by atoms with Crippen molar-refractivity contribution in [3.05, 3.63) is 63.2 Å². The highest BCUT2D eigenvalue weighted by molar-refractivity contribution is 7.39. The predicted molar refractivity (Wildman–Crippen MR) is 259 cm³/mol. The van der Waals surface area contributed by atoms with Gasteiger partial charge < -0.3 is 38.5 Å². The fourth-order valence-electron chi connectivity index (χ4n) is 9.26. The molecule has 0 heterocycles. The summed E-state index contributed by atoms with van der Waals surface area (Å²) in [4.78, 5) is 41.4. The van der Waals surface area contributed by atoms with Gasteiger partial charge in [-0.15, -0.1) is 0 Å². The van der Waals surface area contributed by atoms with Gasteiger partial charge in [-0.2, -0.15) is 0 Å². The van der Waals surface area contributed by atoms with Crippen LogP contribution in [0.15, 0.2) is 24.3 Å². The highest BCUT2D eigenvalue weighted by Gasteiger charge is 2.49. The first-order valence-electron chi connectivity index (χ1n) is 23.7. The number of hydrogen-bond acceptors (Lipinski definition) is 8. The molecular weight excluding hydrogens is 803 g/mol. The Labute approximate surface area is 376 Å². The molecule has 2 aromatic rings. The first-order chi connectivity index (χ1) is 28.5. The van der Waals surface area contributed by atoms with Crippen molar-refractivity contribution in [3.8, 4) is 5.75 Å². The zero-order valence-corrected chi connectivity index (χ0v) is 43.0. The molecule has 0 radical (unpaired) electrons. The molecule has 0 amide bonds. The van der Waals surface area contributed by atoms with E-state index in [9.17, 15) is 24.7 Å². The molecule has 2 rings (SSSR count). The average molecular weight is 893 g/mol. The van der Waals surface area contributed by atoms with E-state index in [1.165, 1.54) is 0 Å². The van der Waals surface area contributed by atoms with Gasteiger partial charge in [-0.3, -0.25) is 0 Å². The molecule has 1 unspecified atom stereocenters. The summed E-state index contributed by atoms with van der Waals surface area (Å²) in [6, 6.07) is 9.12. The Morgan fingerprint density at radius 2 is 0.787 bits per heavy atom. The van der Waals surface area contributed by atoms with Crippen molar-refractivity contribution in [1.29, 1.82) is 0 Å². The van der Waals surface area contributed by atoms with E-state index in [0.717, 1.165) is 147 Å². The highest BCUT2D eigenvalue weighted by Crippen LogP contribution is 2.54. The van der Waals surface area contributed by atoms with E-state index in [1.54, 1.807) is 0 Å². The van der Waals surface area contributed by atoms with E-state index in [1.807, 2.05) is 0 Å². The lowest BCUT2D eigenvalue weighted by Crippen LogP contribution is -2.46. The molecule has 2 aromatic carbocycles. The van der Waals surface area contributed by atoms with Crippen LogP contribution < -0.4 is 4.74 Å². The predicted octanol–water partition coefficient (Wildman–Crippen LogP) is 14.3. The van der Waals surface area contributed by atoms with Crippen LogP contribution in [0.1, 0.15) is 231 Å². The number of aryl methyl sites for hydroxylation is 2. The van der Waals surface area contributed by atoms with Gasteiger partial charge in [0.25, 0.3) is 0 Å². The minimum absolute atomic E-state index is 0.295. The second-order valence-corrected chi connectivity index (χ2v) is 22.4. The standard InChI is InChI=1S/C51H90O8P2/c1-15-19-23-27-47(7,8)40-31-38(5)32-41(48(9,10)28-24-20-16-2)44(40)46(51(35-52,36-57-60(53)54)37-58-61(55)56)59-45-42(49(11,12)29-25-21-17-3)33-39(6)34-43(45)50(13,14)30-26-22-18-4/h31-34,46,52-56H,15-30,35-37H2,1-14H3. The lowest BCUT2D eigenvalue weighted by atomic mass is 9.66. The summed E-state index contributed by atoms with van der Waals surface area (Å²) in [6.07, 6.45) is 15.8. The van der Waals surface area contributed by atoms with Crippen LogP contribution in [0.25, 0.3) is 0 Å². The molecule has 8 nitrogen and oxygen atoms in total. The SMILES string of the molecule is CCCCCC(C)(C)c1cc(C)cc(C(C)(C)CCCCC)c1OC(c1c(C(C)(C)CCCCC)cc(C)cc1C(C)(C)CCCCC)C(CO)(COP(O)O)COP(O)O. The maximum absolute atomic E-state index is 11.9. The lowest BCUT2D eigenvalue weighted by molar-refractivity contribution is -0.0676. The molecule has 352 valence electrons. The number of ether oxygens (including phenoxy) is 1. The van der Waals surface area contributed by atoms with Crippen molar-refractivity contribution < 1.29 is 38.5 Å². The number of rotatable bonds is 31. The van der Waals surface area contributed by atoms with E-state index in [4.69, 9.17) is 13.8 Å². The second-order valence-electron chi connectivity index (χ2n) is 20.9. The van der Waals surface area contributed by atoms with Gasteiger partial charge in [0, 0.05) is 16.7 Å². The van der Waals surface area contributed by atoms with E-state index < -0.39 is 35.3 Å². The minimum atomic E-state index is -2.85. The Morgan fingerprint density at radius 1 is 0.492 bits per heavy atom. The summed E-state index contributed by atoms with van der Waals surface area (Å²) in [6.45, 7) is 30.4. The summed E-state index contributed by atoms with van der Waals surface area (Å²) in [5.74, 6) is 0.770. The third-order valence-electron chi connectivity index (χ3n) is 13.4. The van der Waals surface area contributed by atoms with Crippen LogP contribution in [0.2, 0.25) is 0 Å². The van der Waals surface area contributed by atoms with Gasteiger partial charge >= 0.3 is 17.2 Å². The minimum Gasteiger partial charge on any atom is -0.484 e. The van der Waals surface area contributed by atoms with Crippen LogP contribution in [0, 0.1) is 19.3 Å².